The van der Waals surface area contributed by atoms with E-state index >= 15 is 0 Å². The maximum atomic E-state index is 11.6. The largest absolute Gasteiger partial charge is 0.480 e. The number of hydrogen-bond donors (Lipinski definition) is 4. The quantitative estimate of drug-likeness (QED) is 0.356. The smallest absolute Gasteiger partial charge is 0.326 e. The minimum absolute atomic E-state index is 0.133. The Morgan fingerprint density at radius 2 is 2.16 bits per heavy atom. The Hall–Kier alpha value is -0.660. The van der Waals surface area contributed by atoms with E-state index in [1.807, 2.05) is 6.26 Å². The first-order chi connectivity index (χ1) is 9.01. The first-order valence-corrected chi connectivity index (χ1v) is 8.00. The Balaban J connectivity index is 4.14. The van der Waals surface area contributed by atoms with Gasteiger partial charge in [-0.1, -0.05) is 12.2 Å². The maximum absolute atomic E-state index is 11.6. The molecule has 19 heavy (non-hydrogen) atoms. The van der Waals surface area contributed by atoms with Gasteiger partial charge in [-0.25, -0.2) is 4.79 Å². The van der Waals surface area contributed by atoms with E-state index in [1.165, 1.54) is 17.8 Å². The lowest BCUT2D eigenvalue weighted by molar-refractivity contribution is -0.142. The van der Waals surface area contributed by atoms with E-state index in [4.69, 9.17) is 5.11 Å². The fourth-order valence-electron chi connectivity index (χ4n) is 1.33. The topological polar surface area (TPSA) is 86.6 Å². The molecule has 3 N–H and O–H groups in total. The van der Waals surface area contributed by atoms with Crippen LogP contribution in [0.25, 0.3) is 0 Å². The van der Waals surface area contributed by atoms with Crippen LogP contribution in [0, 0.1) is 0 Å². The molecule has 1 unspecified atom stereocenters. The van der Waals surface area contributed by atoms with Crippen LogP contribution in [-0.2, 0) is 9.59 Å². The third-order valence-electron chi connectivity index (χ3n) is 2.29. The second kappa shape index (κ2) is 11.2. The van der Waals surface area contributed by atoms with Crippen LogP contribution in [0.1, 0.15) is 19.3 Å². The molecule has 0 aliphatic heterocycles. The second-order valence-corrected chi connectivity index (χ2v) is 5.38. The van der Waals surface area contributed by atoms with Crippen molar-refractivity contribution in [1.82, 2.24) is 5.32 Å². The zero-order valence-electron chi connectivity index (χ0n) is 10.9. The third kappa shape index (κ3) is 9.86. The van der Waals surface area contributed by atoms with Crippen LogP contribution in [-0.4, -0.2) is 52.0 Å². The van der Waals surface area contributed by atoms with Crippen LogP contribution in [0.2, 0.25) is 0 Å². The highest BCUT2D eigenvalue weighted by molar-refractivity contribution is 7.98. The molecule has 0 saturated heterocycles. The number of amides is 1. The summed E-state index contributed by atoms with van der Waals surface area (Å²) >= 11 is 5.53. The van der Waals surface area contributed by atoms with E-state index in [9.17, 15) is 14.7 Å². The SMILES string of the molecule is CSCC[C@H](NC(=O)CC(O)/C=C/CCS)C(=O)O. The van der Waals surface area contributed by atoms with Gasteiger partial charge in [-0.3, -0.25) is 4.79 Å². The highest BCUT2D eigenvalue weighted by atomic mass is 32.2. The van der Waals surface area contributed by atoms with Gasteiger partial charge in [0.15, 0.2) is 0 Å². The zero-order valence-corrected chi connectivity index (χ0v) is 12.6. The van der Waals surface area contributed by atoms with Crippen molar-refractivity contribution in [3.63, 3.8) is 0 Å². The average molecular weight is 307 g/mol. The number of aliphatic hydroxyl groups is 1. The zero-order chi connectivity index (χ0) is 14.7. The number of carboxylic acids is 1. The van der Waals surface area contributed by atoms with Gasteiger partial charge in [0.2, 0.25) is 5.91 Å². The normalized spacial score (nSPS) is 14.3. The number of thioether (sulfide) groups is 1. The van der Waals surface area contributed by atoms with E-state index in [2.05, 4.69) is 17.9 Å². The molecule has 0 bridgehead atoms. The number of thiol groups is 1. The lowest BCUT2D eigenvalue weighted by Gasteiger charge is -2.14. The van der Waals surface area contributed by atoms with Crippen molar-refractivity contribution in [3.8, 4) is 0 Å². The van der Waals surface area contributed by atoms with Crippen molar-refractivity contribution < 1.29 is 19.8 Å². The molecule has 1 amide bonds. The number of carbonyl (C=O) groups excluding carboxylic acids is 1. The van der Waals surface area contributed by atoms with Crippen molar-refractivity contribution in [2.24, 2.45) is 0 Å². The monoisotopic (exact) mass is 307 g/mol. The molecular weight excluding hydrogens is 286 g/mol. The summed E-state index contributed by atoms with van der Waals surface area (Å²) in [4.78, 5) is 22.5. The summed E-state index contributed by atoms with van der Waals surface area (Å²) in [5, 5.41) is 20.9. The molecule has 0 aliphatic rings. The second-order valence-electron chi connectivity index (χ2n) is 3.95. The van der Waals surface area contributed by atoms with E-state index < -0.39 is 24.0 Å². The van der Waals surface area contributed by atoms with E-state index in [-0.39, 0.29) is 6.42 Å². The van der Waals surface area contributed by atoms with E-state index in [1.54, 1.807) is 6.08 Å². The van der Waals surface area contributed by atoms with Crippen LogP contribution in [0.3, 0.4) is 0 Å². The summed E-state index contributed by atoms with van der Waals surface area (Å²) in [6.07, 6.45) is 5.19. The summed E-state index contributed by atoms with van der Waals surface area (Å²) in [6.45, 7) is 0. The Kier molecular flexibility index (Phi) is 10.8. The number of allylic oxidation sites excluding steroid dienone is 1. The van der Waals surface area contributed by atoms with Crippen molar-refractivity contribution in [2.45, 2.75) is 31.4 Å². The minimum Gasteiger partial charge on any atom is -0.480 e. The lowest BCUT2D eigenvalue weighted by atomic mass is 10.2. The number of aliphatic carboxylic acids is 1. The first-order valence-electron chi connectivity index (χ1n) is 5.98. The van der Waals surface area contributed by atoms with Gasteiger partial charge in [0.05, 0.1) is 12.5 Å². The molecular formula is C12H21NO4S2. The Morgan fingerprint density at radius 3 is 2.68 bits per heavy atom. The fraction of sp³-hybridized carbons (Fsp3) is 0.667. The molecule has 0 aromatic heterocycles. The fourth-order valence-corrected chi connectivity index (χ4v) is 1.95. The van der Waals surface area contributed by atoms with Crippen molar-refractivity contribution in [3.05, 3.63) is 12.2 Å². The molecule has 5 nitrogen and oxygen atoms in total. The van der Waals surface area contributed by atoms with E-state index in [0.29, 0.717) is 24.3 Å². The summed E-state index contributed by atoms with van der Waals surface area (Å²) in [7, 11) is 0. The highest BCUT2D eigenvalue weighted by Gasteiger charge is 2.20. The van der Waals surface area contributed by atoms with Gasteiger partial charge in [-0.15, -0.1) is 0 Å². The predicted octanol–water partition coefficient (Wildman–Crippen LogP) is 0.936. The number of hydrogen-bond acceptors (Lipinski definition) is 5. The van der Waals surface area contributed by atoms with Gasteiger partial charge < -0.3 is 15.5 Å². The van der Waals surface area contributed by atoms with Crippen molar-refractivity contribution in [1.29, 1.82) is 0 Å². The molecule has 7 heteroatoms. The molecule has 0 aromatic carbocycles. The molecule has 0 aliphatic carbocycles. The number of carbonyl (C=O) groups is 2. The summed E-state index contributed by atoms with van der Waals surface area (Å²) in [5.41, 5.74) is 0. The van der Waals surface area contributed by atoms with Crippen LogP contribution >= 0.6 is 24.4 Å². The molecule has 0 aromatic rings. The molecule has 110 valence electrons. The van der Waals surface area contributed by atoms with Crippen LogP contribution in [0.15, 0.2) is 12.2 Å². The van der Waals surface area contributed by atoms with E-state index in [0.717, 1.165) is 0 Å². The molecule has 0 radical (unpaired) electrons. The van der Waals surface area contributed by atoms with Crippen molar-refractivity contribution >= 4 is 36.3 Å². The van der Waals surface area contributed by atoms with Gasteiger partial charge in [-0.05, 0) is 30.6 Å². The van der Waals surface area contributed by atoms with Crippen LogP contribution in [0.4, 0.5) is 0 Å². The Bertz CT molecular complexity index is 310. The molecule has 0 rings (SSSR count). The van der Waals surface area contributed by atoms with Gasteiger partial charge in [0.1, 0.15) is 6.04 Å². The number of rotatable bonds is 10. The Morgan fingerprint density at radius 1 is 1.47 bits per heavy atom. The molecule has 0 saturated carbocycles. The first kappa shape index (κ1) is 18.3. The van der Waals surface area contributed by atoms with Gasteiger partial charge in [0.25, 0.3) is 0 Å². The highest BCUT2D eigenvalue weighted by Crippen LogP contribution is 2.03. The van der Waals surface area contributed by atoms with Crippen LogP contribution < -0.4 is 5.32 Å². The summed E-state index contributed by atoms with van der Waals surface area (Å²) < 4.78 is 0. The molecule has 2 atom stereocenters. The minimum atomic E-state index is -1.05. The third-order valence-corrected chi connectivity index (χ3v) is 3.19. The number of aliphatic hydroxyl groups excluding tert-OH is 1. The molecule has 0 spiro atoms. The maximum Gasteiger partial charge on any atom is 0.326 e. The van der Waals surface area contributed by atoms with Gasteiger partial charge >= 0.3 is 5.97 Å². The molecule has 0 fully saturated rings. The lowest BCUT2D eigenvalue weighted by Crippen LogP contribution is -2.42. The average Bonchev–Trinajstić information content (AvgIpc) is 2.34. The standard InChI is InChI=1S/C12H21NO4S2/c1-19-7-5-10(12(16)17)13-11(15)8-9(14)4-2-3-6-18/h2,4,9-10,14,18H,3,5-8H2,1H3,(H,13,15)(H,16,17)/b4-2+/t9?,10-/m0/s1. The molecule has 0 heterocycles. The van der Waals surface area contributed by atoms with Gasteiger partial charge in [-0.2, -0.15) is 24.4 Å². The van der Waals surface area contributed by atoms with Crippen molar-refractivity contribution in [2.75, 3.05) is 17.8 Å². The Labute approximate surface area is 123 Å². The number of nitrogens with one attached hydrogen (secondary N) is 1. The summed E-state index contributed by atoms with van der Waals surface area (Å²) in [5.74, 6) is -0.189. The summed E-state index contributed by atoms with van der Waals surface area (Å²) in [6, 6.07) is -0.895. The predicted molar refractivity (Wildman–Crippen MR) is 80.8 cm³/mol. The van der Waals surface area contributed by atoms with Crippen LogP contribution in [0.5, 0.6) is 0 Å². The van der Waals surface area contributed by atoms with Gasteiger partial charge in [0, 0.05) is 0 Å². The number of carboxylic acid groups (broad SMARTS) is 1.